The van der Waals surface area contributed by atoms with E-state index in [-0.39, 0.29) is 5.91 Å². The summed E-state index contributed by atoms with van der Waals surface area (Å²) in [6.07, 6.45) is 2.64. The van der Waals surface area contributed by atoms with Crippen molar-refractivity contribution in [2.75, 3.05) is 11.9 Å². The van der Waals surface area contributed by atoms with Crippen LogP contribution >= 0.6 is 0 Å². The molecule has 1 aromatic carbocycles. The van der Waals surface area contributed by atoms with E-state index in [0.717, 1.165) is 35.5 Å². The summed E-state index contributed by atoms with van der Waals surface area (Å²) in [5.41, 5.74) is 7.63. The molecule has 0 saturated heterocycles. The highest BCUT2D eigenvalue weighted by Gasteiger charge is 2.28. The SMILES string of the molecule is NCCC(=O)Nc1ccc2oc(C3CC3)nc2c1. The zero-order chi connectivity index (χ0) is 12.5. The predicted octanol–water partition coefficient (Wildman–Crippen LogP) is 1.99. The molecule has 1 amide bonds. The number of carbonyl (C=O) groups is 1. The molecule has 0 atom stereocenters. The quantitative estimate of drug-likeness (QED) is 0.863. The van der Waals surface area contributed by atoms with Crippen molar-refractivity contribution in [1.29, 1.82) is 0 Å². The minimum Gasteiger partial charge on any atom is -0.440 e. The van der Waals surface area contributed by atoms with Crippen molar-refractivity contribution >= 4 is 22.7 Å². The van der Waals surface area contributed by atoms with E-state index in [0.29, 0.717) is 18.9 Å². The molecule has 5 heteroatoms. The zero-order valence-electron chi connectivity index (χ0n) is 9.98. The third kappa shape index (κ3) is 2.22. The molecule has 1 heterocycles. The van der Waals surface area contributed by atoms with Crippen LogP contribution in [0.15, 0.2) is 22.6 Å². The van der Waals surface area contributed by atoms with Gasteiger partial charge in [-0.25, -0.2) is 4.98 Å². The van der Waals surface area contributed by atoms with Gasteiger partial charge < -0.3 is 15.5 Å². The van der Waals surface area contributed by atoms with Crippen LogP contribution in [0.2, 0.25) is 0 Å². The number of benzene rings is 1. The van der Waals surface area contributed by atoms with E-state index in [1.165, 1.54) is 0 Å². The number of carbonyl (C=O) groups excluding carboxylic acids is 1. The van der Waals surface area contributed by atoms with Gasteiger partial charge in [0.05, 0.1) is 0 Å². The van der Waals surface area contributed by atoms with E-state index >= 15 is 0 Å². The number of nitrogens with one attached hydrogen (secondary N) is 1. The van der Waals surface area contributed by atoms with Crippen LogP contribution < -0.4 is 11.1 Å². The highest BCUT2D eigenvalue weighted by Crippen LogP contribution is 2.40. The van der Waals surface area contributed by atoms with E-state index in [9.17, 15) is 4.79 Å². The Hall–Kier alpha value is -1.88. The Kier molecular flexibility index (Phi) is 2.76. The lowest BCUT2D eigenvalue weighted by Gasteiger charge is -2.02. The molecule has 5 nitrogen and oxygen atoms in total. The van der Waals surface area contributed by atoms with E-state index in [2.05, 4.69) is 10.3 Å². The number of aromatic nitrogens is 1. The standard InChI is InChI=1S/C13H15N3O2/c14-6-5-12(17)15-9-3-4-11-10(7-9)16-13(18-11)8-1-2-8/h3-4,7-8H,1-2,5-6,14H2,(H,15,17). The average Bonchev–Trinajstić information content (AvgIpc) is 3.10. The molecule has 1 aliphatic carbocycles. The Balaban J connectivity index is 1.83. The highest BCUT2D eigenvalue weighted by molar-refractivity contribution is 5.92. The monoisotopic (exact) mass is 245 g/mol. The van der Waals surface area contributed by atoms with Gasteiger partial charge in [-0.15, -0.1) is 0 Å². The molecule has 1 fully saturated rings. The predicted molar refractivity (Wildman–Crippen MR) is 68.3 cm³/mol. The maximum atomic E-state index is 11.4. The largest absolute Gasteiger partial charge is 0.440 e. The highest BCUT2D eigenvalue weighted by atomic mass is 16.3. The van der Waals surface area contributed by atoms with Crippen molar-refractivity contribution in [3.05, 3.63) is 24.1 Å². The fourth-order valence-electron chi connectivity index (χ4n) is 1.88. The lowest BCUT2D eigenvalue weighted by atomic mass is 10.2. The van der Waals surface area contributed by atoms with Crippen molar-refractivity contribution < 1.29 is 9.21 Å². The Labute approximate surface area is 104 Å². The zero-order valence-corrected chi connectivity index (χ0v) is 9.98. The second kappa shape index (κ2) is 4.42. The summed E-state index contributed by atoms with van der Waals surface area (Å²) in [5, 5.41) is 2.79. The molecule has 0 unspecified atom stereocenters. The van der Waals surface area contributed by atoms with Gasteiger partial charge in [0, 0.05) is 24.6 Å². The van der Waals surface area contributed by atoms with Crippen LogP contribution in [0.5, 0.6) is 0 Å². The number of hydrogen-bond donors (Lipinski definition) is 2. The molecule has 0 radical (unpaired) electrons. The number of hydrogen-bond acceptors (Lipinski definition) is 4. The molecule has 1 aliphatic rings. The summed E-state index contributed by atoms with van der Waals surface area (Å²) < 4.78 is 5.66. The first-order valence-corrected chi connectivity index (χ1v) is 6.16. The molecule has 18 heavy (non-hydrogen) atoms. The van der Waals surface area contributed by atoms with Gasteiger partial charge in [-0.2, -0.15) is 0 Å². The van der Waals surface area contributed by atoms with Crippen LogP contribution in [-0.2, 0) is 4.79 Å². The fraction of sp³-hybridized carbons (Fsp3) is 0.385. The smallest absolute Gasteiger partial charge is 0.225 e. The Morgan fingerprint density at radius 1 is 1.50 bits per heavy atom. The fourth-order valence-corrected chi connectivity index (χ4v) is 1.88. The minimum atomic E-state index is -0.0808. The van der Waals surface area contributed by atoms with Crippen molar-refractivity contribution in [3.63, 3.8) is 0 Å². The molecule has 0 spiro atoms. The Morgan fingerprint density at radius 3 is 3.06 bits per heavy atom. The van der Waals surface area contributed by atoms with E-state index < -0.39 is 0 Å². The van der Waals surface area contributed by atoms with E-state index in [4.69, 9.17) is 10.2 Å². The second-order valence-electron chi connectivity index (χ2n) is 4.60. The lowest BCUT2D eigenvalue weighted by Crippen LogP contribution is -2.16. The molecule has 0 aliphatic heterocycles. The molecule has 2 aromatic rings. The minimum absolute atomic E-state index is 0.0808. The van der Waals surface area contributed by atoms with Crippen LogP contribution in [0.1, 0.15) is 31.1 Å². The Bertz CT molecular complexity index is 587. The molecular weight excluding hydrogens is 230 g/mol. The van der Waals surface area contributed by atoms with Crippen LogP contribution in [-0.4, -0.2) is 17.4 Å². The first-order chi connectivity index (χ1) is 8.76. The van der Waals surface area contributed by atoms with Gasteiger partial charge in [-0.3, -0.25) is 4.79 Å². The van der Waals surface area contributed by atoms with Gasteiger partial charge in [0.2, 0.25) is 5.91 Å². The van der Waals surface area contributed by atoms with Crippen molar-refractivity contribution in [3.8, 4) is 0 Å². The van der Waals surface area contributed by atoms with Gasteiger partial charge >= 0.3 is 0 Å². The van der Waals surface area contributed by atoms with Gasteiger partial charge in [0.25, 0.3) is 0 Å². The number of anilines is 1. The van der Waals surface area contributed by atoms with Gasteiger partial charge in [0.15, 0.2) is 11.5 Å². The molecule has 3 rings (SSSR count). The number of fused-ring (bicyclic) bond motifs is 1. The Morgan fingerprint density at radius 2 is 2.33 bits per heavy atom. The molecule has 0 bridgehead atoms. The van der Waals surface area contributed by atoms with Gasteiger partial charge in [-0.1, -0.05) is 0 Å². The van der Waals surface area contributed by atoms with Crippen molar-refractivity contribution in [2.24, 2.45) is 5.73 Å². The third-order valence-corrected chi connectivity index (χ3v) is 2.99. The first-order valence-electron chi connectivity index (χ1n) is 6.16. The van der Waals surface area contributed by atoms with Crippen molar-refractivity contribution in [2.45, 2.75) is 25.2 Å². The second-order valence-corrected chi connectivity index (χ2v) is 4.60. The summed E-state index contributed by atoms with van der Waals surface area (Å²) in [6, 6.07) is 5.49. The summed E-state index contributed by atoms with van der Waals surface area (Å²) in [4.78, 5) is 15.9. The normalized spacial score (nSPS) is 14.9. The van der Waals surface area contributed by atoms with Crippen molar-refractivity contribution in [1.82, 2.24) is 4.98 Å². The van der Waals surface area contributed by atoms with Crippen LogP contribution in [0, 0.1) is 0 Å². The average molecular weight is 245 g/mol. The maximum absolute atomic E-state index is 11.4. The van der Waals surface area contributed by atoms with Gasteiger partial charge in [-0.05, 0) is 31.0 Å². The number of nitrogens with zero attached hydrogens (tertiary/aromatic N) is 1. The van der Waals surface area contributed by atoms with Crippen LogP contribution in [0.4, 0.5) is 5.69 Å². The lowest BCUT2D eigenvalue weighted by molar-refractivity contribution is -0.116. The third-order valence-electron chi connectivity index (χ3n) is 2.99. The number of nitrogens with two attached hydrogens (primary N) is 1. The molecule has 1 aromatic heterocycles. The topological polar surface area (TPSA) is 81.2 Å². The first kappa shape index (κ1) is 11.2. The maximum Gasteiger partial charge on any atom is 0.225 e. The molecule has 94 valence electrons. The molecule has 3 N–H and O–H groups in total. The van der Waals surface area contributed by atoms with Crippen LogP contribution in [0.25, 0.3) is 11.1 Å². The van der Waals surface area contributed by atoms with Gasteiger partial charge in [0.1, 0.15) is 5.52 Å². The van der Waals surface area contributed by atoms with E-state index in [1.54, 1.807) is 0 Å². The number of oxazole rings is 1. The molecular formula is C13H15N3O2. The summed E-state index contributed by atoms with van der Waals surface area (Å²) in [7, 11) is 0. The van der Waals surface area contributed by atoms with Crippen LogP contribution in [0.3, 0.4) is 0 Å². The number of amides is 1. The molecule has 1 saturated carbocycles. The summed E-state index contributed by atoms with van der Waals surface area (Å²) in [6.45, 7) is 0.351. The van der Waals surface area contributed by atoms with E-state index in [1.807, 2.05) is 18.2 Å². The number of rotatable bonds is 4. The summed E-state index contributed by atoms with van der Waals surface area (Å²) in [5.74, 6) is 1.23. The summed E-state index contributed by atoms with van der Waals surface area (Å²) >= 11 is 0.